The van der Waals surface area contributed by atoms with Gasteiger partial charge in [0.2, 0.25) is 10.0 Å². The van der Waals surface area contributed by atoms with Crippen molar-refractivity contribution in [3.05, 3.63) is 34.9 Å². The van der Waals surface area contributed by atoms with E-state index in [1.807, 2.05) is 0 Å². The smallest absolute Gasteiger partial charge is 0.304 e. The summed E-state index contributed by atoms with van der Waals surface area (Å²) in [5.41, 5.74) is 0.556. The maximum atomic E-state index is 12.8. The molecule has 1 aromatic carbocycles. The lowest BCUT2D eigenvalue weighted by atomic mass is 9.97. The Balaban J connectivity index is 1.87. The number of benzene rings is 1. The number of nitrogens with zero attached hydrogens (tertiary/aromatic N) is 1. The predicted molar refractivity (Wildman–Crippen MR) is 83.1 cm³/mol. The van der Waals surface area contributed by atoms with E-state index in [1.54, 1.807) is 24.3 Å². The SMILES string of the molecule is O=C(O)C[C@@H]1[C@H]2CC[C@H](C2)N1S(=O)(=O)Cc1ccccc1Cl. The molecule has 2 bridgehead atoms. The molecule has 1 saturated carbocycles. The van der Waals surface area contributed by atoms with Crippen LogP contribution in [0.4, 0.5) is 0 Å². The number of rotatable bonds is 5. The molecule has 0 unspecified atom stereocenters. The van der Waals surface area contributed by atoms with Gasteiger partial charge < -0.3 is 5.11 Å². The molecule has 1 saturated heterocycles. The lowest BCUT2D eigenvalue weighted by Crippen LogP contribution is -2.46. The number of halogens is 1. The molecule has 0 amide bonds. The molecule has 1 aliphatic heterocycles. The molecule has 1 aromatic rings. The molecule has 3 atom stereocenters. The highest BCUT2D eigenvalue weighted by molar-refractivity contribution is 7.88. The third kappa shape index (κ3) is 2.87. The maximum absolute atomic E-state index is 12.8. The minimum Gasteiger partial charge on any atom is -0.481 e. The van der Waals surface area contributed by atoms with Crippen LogP contribution in [0.1, 0.15) is 31.2 Å². The van der Waals surface area contributed by atoms with Crippen molar-refractivity contribution < 1.29 is 18.3 Å². The quantitative estimate of drug-likeness (QED) is 0.891. The van der Waals surface area contributed by atoms with E-state index in [2.05, 4.69) is 0 Å². The van der Waals surface area contributed by atoms with Crippen LogP contribution >= 0.6 is 11.6 Å². The largest absolute Gasteiger partial charge is 0.481 e. The van der Waals surface area contributed by atoms with E-state index in [1.165, 1.54) is 4.31 Å². The van der Waals surface area contributed by atoms with Gasteiger partial charge in [-0.2, -0.15) is 4.31 Å². The van der Waals surface area contributed by atoms with Crippen LogP contribution in [0.3, 0.4) is 0 Å². The minimum absolute atomic E-state index is 0.0539. The van der Waals surface area contributed by atoms with Crippen molar-refractivity contribution >= 4 is 27.6 Å². The van der Waals surface area contributed by atoms with E-state index >= 15 is 0 Å². The summed E-state index contributed by atoms with van der Waals surface area (Å²) in [4.78, 5) is 11.1. The number of fused-ring (bicyclic) bond motifs is 2. The average molecular weight is 344 g/mol. The standard InChI is InChI=1S/C15H18ClNO4S/c16-13-4-2-1-3-11(13)9-22(20,21)17-12-6-5-10(7-12)14(17)8-15(18)19/h1-4,10,12,14H,5-9H2,(H,18,19)/t10-,12+,14+/m0/s1. The third-order valence-electron chi connectivity index (χ3n) is 4.68. The number of carbonyl (C=O) groups is 1. The molecular formula is C15H18ClNO4S. The van der Waals surface area contributed by atoms with Gasteiger partial charge in [0.15, 0.2) is 0 Å². The molecule has 22 heavy (non-hydrogen) atoms. The fraction of sp³-hybridized carbons (Fsp3) is 0.533. The highest BCUT2D eigenvalue weighted by Crippen LogP contribution is 2.45. The number of sulfonamides is 1. The molecule has 120 valence electrons. The van der Waals surface area contributed by atoms with E-state index in [-0.39, 0.29) is 24.1 Å². The van der Waals surface area contributed by atoms with Gasteiger partial charge in [0.25, 0.3) is 0 Å². The van der Waals surface area contributed by atoms with Crippen molar-refractivity contribution in [3.63, 3.8) is 0 Å². The molecule has 5 nitrogen and oxygen atoms in total. The molecule has 1 aliphatic carbocycles. The first-order valence-electron chi connectivity index (χ1n) is 7.35. The van der Waals surface area contributed by atoms with E-state index in [4.69, 9.17) is 16.7 Å². The van der Waals surface area contributed by atoms with Crippen molar-refractivity contribution in [2.24, 2.45) is 5.92 Å². The molecule has 1 N–H and O–H groups in total. The summed E-state index contributed by atoms with van der Waals surface area (Å²) >= 11 is 6.06. The Labute approximate surface area is 134 Å². The minimum atomic E-state index is -3.58. The summed E-state index contributed by atoms with van der Waals surface area (Å²) in [6.07, 6.45) is 2.39. The highest BCUT2D eigenvalue weighted by atomic mass is 35.5. The molecule has 3 rings (SSSR count). The van der Waals surface area contributed by atoms with Gasteiger partial charge in [0.1, 0.15) is 0 Å². The van der Waals surface area contributed by atoms with Crippen LogP contribution in [0.5, 0.6) is 0 Å². The Bertz CT molecular complexity index is 691. The van der Waals surface area contributed by atoms with Gasteiger partial charge >= 0.3 is 5.97 Å². The second-order valence-corrected chi connectivity index (χ2v) is 8.35. The first-order valence-corrected chi connectivity index (χ1v) is 9.33. The zero-order chi connectivity index (χ0) is 15.9. The van der Waals surface area contributed by atoms with Crippen LogP contribution in [-0.4, -0.2) is 35.9 Å². The Hall–Kier alpha value is -1.11. The monoisotopic (exact) mass is 343 g/mol. The average Bonchev–Trinajstić information content (AvgIpc) is 3.01. The summed E-state index contributed by atoms with van der Waals surface area (Å²) in [5.74, 6) is -0.955. The number of hydrogen-bond donors (Lipinski definition) is 1. The summed E-state index contributed by atoms with van der Waals surface area (Å²) in [6, 6.07) is 6.40. The van der Waals surface area contributed by atoms with Crippen molar-refractivity contribution in [1.29, 1.82) is 0 Å². The van der Waals surface area contributed by atoms with Gasteiger partial charge in [0, 0.05) is 17.1 Å². The lowest BCUT2D eigenvalue weighted by Gasteiger charge is -2.33. The summed E-state index contributed by atoms with van der Waals surface area (Å²) in [6.45, 7) is 0. The molecule has 7 heteroatoms. The summed E-state index contributed by atoms with van der Waals surface area (Å²) < 4.78 is 27.1. The van der Waals surface area contributed by atoms with Crippen LogP contribution in [0, 0.1) is 5.92 Å². The van der Waals surface area contributed by atoms with Gasteiger partial charge in [-0.1, -0.05) is 29.8 Å². The molecule has 0 aromatic heterocycles. The topological polar surface area (TPSA) is 74.7 Å². The van der Waals surface area contributed by atoms with E-state index in [9.17, 15) is 13.2 Å². The van der Waals surface area contributed by atoms with Crippen molar-refractivity contribution in [1.82, 2.24) is 4.31 Å². The van der Waals surface area contributed by atoms with Crippen molar-refractivity contribution in [2.45, 2.75) is 43.5 Å². The molecule has 1 heterocycles. The zero-order valence-corrected chi connectivity index (χ0v) is 13.6. The molecular weight excluding hydrogens is 326 g/mol. The lowest BCUT2D eigenvalue weighted by molar-refractivity contribution is -0.138. The van der Waals surface area contributed by atoms with Gasteiger partial charge in [-0.15, -0.1) is 0 Å². The second-order valence-electron chi connectivity index (χ2n) is 6.07. The predicted octanol–water partition coefficient (Wildman–Crippen LogP) is 2.50. The van der Waals surface area contributed by atoms with Gasteiger partial charge in [-0.05, 0) is 36.8 Å². The zero-order valence-electron chi connectivity index (χ0n) is 12.0. The van der Waals surface area contributed by atoms with E-state index < -0.39 is 22.0 Å². The Kier molecular flexibility index (Phi) is 4.18. The van der Waals surface area contributed by atoms with Crippen LogP contribution < -0.4 is 0 Å². The van der Waals surface area contributed by atoms with Crippen LogP contribution in [0.25, 0.3) is 0 Å². The summed E-state index contributed by atoms with van der Waals surface area (Å²) in [5, 5.41) is 9.50. The normalized spacial score (nSPS) is 28.1. The fourth-order valence-corrected chi connectivity index (χ4v) is 6.19. The van der Waals surface area contributed by atoms with Crippen LogP contribution in [0.2, 0.25) is 5.02 Å². The maximum Gasteiger partial charge on any atom is 0.304 e. The van der Waals surface area contributed by atoms with Crippen LogP contribution in [0.15, 0.2) is 24.3 Å². The fourth-order valence-electron chi connectivity index (χ4n) is 3.81. The Morgan fingerprint density at radius 3 is 2.73 bits per heavy atom. The second kappa shape index (κ2) is 5.83. The van der Waals surface area contributed by atoms with E-state index in [0.29, 0.717) is 10.6 Å². The van der Waals surface area contributed by atoms with Crippen molar-refractivity contribution in [2.75, 3.05) is 0 Å². The van der Waals surface area contributed by atoms with Gasteiger partial charge in [-0.3, -0.25) is 4.79 Å². The van der Waals surface area contributed by atoms with Gasteiger partial charge in [0.05, 0.1) is 12.2 Å². The molecule has 2 fully saturated rings. The molecule has 0 spiro atoms. The Morgan fingerprint density at radius 1 is 1.32 bits per heavy atom. The number of piperidine rings is 1. The number of hydrogen-bond acceptors (Lipinski definition) is 3. The first kappa shape index (κ1) is 15.8. The Morgan fingerprint density at radius 2 is 2.05 bits per heavy atom. The molecule has 0 radical (unpaired) electrons. The number of carboxylic acid groups (broad SMARTS) is 1. The highest BCUT2D eigenvalue weighted by Gasteiger charge is 2.51. The van der Waals surface area contributed by atoms with Crippen molar-refractivity contribution in [3.8, 4) is 0 Å². The first-order chi connectivity index (χ1) is 10.4. The number of aliphatic carboxylic acids is 1. The third-order valence-corrected chi connectivity index (χ3v) is 6.93. The summed E-state index contributed by atoms with van der Waals surface area (Å²) in [7, 11) is -3.58. The van der Waals surface area contributed by atoms with E-state index in [0.717, 1.165) is 19.3 Å². The molecule has 2 aliphatic rings. The number of carboxylic acids is 1. The van der Waals surface area contributed by atoms with Crippen LogP contribution in [-0.2, 0) is 20.6 Å². The van der Waals surface area contributed by atoms with Gasteiger partial charge in [-0.25, -0.2) is 8.42 Å².